The van der Waals surface area contributed by atoms with Gasteiger partial charge in [0.1, 0.15) is 11.3 Å². The van der Waals surface area contributed by atoms with Crippen LogP contribution in [0.2, 0.25) is 5.02 Å². The zero-order valence-corrected chi connectivity index (χ0v) is 15.9. The molecule has 0 saturated heterocycles. The number of nitrogens with one attached hydrogen (secondary N) is 2. The molecule has 0 fully saturated rings. The average Bonchev–Trinajstić information content (AvgIpc) is 2.85. The lowest BCUT2D eigenvalue weighted by atomic mass is 9.91. The van der Waals surface area contributed by atoms with Crippen molar-refractivity contribution in [2.75, 3.05) is 5.32 Å². The first kappa shape index (κ1) is 20.7. The van der Waals surface area contributed by atoms with Crippen LogP contribution in [0.1, 0.15) is 18.1 Å². The van der Waals surface area contributed by atoms with Gasteiger partial charge in [0.2, 0.25) is 0 Å². The smallest absolute Gasteiger partial charge is 0.417 e. The molecule has 0 aliphatic carbocycles. The van der Waals surface area contributed by atoms with E-state index in [1.165, 1.54) is 6.07 Å². The number of benzene rings is 2. The van der Waals surface area contributed by atoms with Gasteiger partial charge >= 0.3 is 6.18 Å². The Morgan fingerprint density at radius 2 is 1.86 bits per heavy atom. The standard InChI is InChI=1S/C20H16ClF3N2O3/c1-19(10-11-5-3-2-4-6-11)16(27)15(18(29)26-19)17(28)25-12-7-8-14(21)13(9-12)20(22,23)24/h2-9,27H,10H2,1H3,(H,25,28)(H,26,29). The molecule has 5 nitrogen and oxygen atoms in total. The number of hydrogen-bond donors (Lipinski definition) is 3. The highest BCUT2D eigenvalue weighted by Crippen LogP contribution is 2.36. The van der Waals surface area contributed by atoms with Gasteiger partial charge in [0, 0.05) is 12.1 Å². The topological polar surface area (TPSA) is 78.4 Å². The summed E-state index contributed by atoms with van der Waals surface area (Å²) in [5.74, 6) is -2.32. The van der Waals surface area contributed by atoms with Crippen molar-refractivity contribution in [2.45, 2.75) is 25.1 Å². The minimum atomic E-state index is -4.71. The van der Waals surface area contributed by atoms with Gasteiger partial charge in [-0.25, -0.2) is 0 Å². The van der Waals surface area contributed by atoms with Crippen LogP contribution in [-0.4, -0.2) is 22.5 Å². The van der Waals surface area contributed by atoms with Gasteiger partial charge in [0.05, 0.1) is 16.1 Å². The molecule has 9 heteroatoms. The molecule has 0 spiro atoms. The van der Waals surface area contributed by atoms with Crippen LogP contribution in [0.25, 0.3) is 0 Å². The third kappa shape index (κ3) is 4.22. The second-order valence-electron chi connectivity index (χ2n) is 6.82. The Labute approximate surface area is 169 Å². The number of alkyl halides is 3. The first-order chi connectivity index (χ1) is 13.5. The van der Waals surface area contributed by atoms with Gasteiger partial charge in [-0.05, 0) is 30.7 Å². The highest BCUT2D eigenvalue weighted by Gasteiger charge is 2.44. The number of carbonyl (C=O) groups is 2. The van der Waals surface area contributed by atoms with Gasteiger partial charge in [-0.1, -0.05) is 41.9 Å². The number of aliphatic hydroxyl groups excluding tert-OH is 1. The number of carbonyl (C=O) groups excluding carboxylic acids is 2. The number of rotatable bonds is 4. The van der Waals surface area contributed by atoms with Crippen LogP contribution in [0, 0.1) is 0 Å². The van der Waals surface area contributed by atoms with Crippen LogP contribution in [0.4, 0.5) is 18.9 Å². The van der Waals surface area contributed by atoms with E-state index in [1.54, 1.807) is 31.2 Å². The number of hydrogen-bond acceptors (Lipinski definition) is 3. The fraction of sp³-hybridized carbons (Fsp3) is 0.200. The van der Waals surface area contributed by atoms with Crippen molar-refractivity contribution in [1.29, 1.82) is 0 Å². The maximum Gasteiger partial charge on any atom is 0.417 e. The van der Waals surface area contributed by atoms with Crippen molar-refractivity contribution >= 4 is 29.1 Å². The predicted molar refractivity (Wildman–Crippen MR) is 101 cm³/mol. The molecule has 152 valence electrons. The van der Waals surface area contributed by atoms with Gasteiger partial charge in [-0.3, -0.25) is 9.59 Å². The van der Waals surface area contributed by atoms with Gasteiger partial charge in [-0.2, -0.15) is 13.2 Å². The summed E-state index contributed by atoms with van der Waals surface area (Å²) in [5, 5.41) is 14.8. The zero-order chi connectivity index (χ0) is 21.4. The van der Waals surface area contributed by atoms with Gasteiger partial charge < -0.3 is 15.7 Å². The molecule has 2 aromatic rings. The second-order valence-corrected chi connectivity index (χ2v) is 7.23. The van der Waals surface area contributed by atoms with E-state index < -0.39 is 45.4 Å². The van der Waals surface area contributed by atoms with Crippen LogP contribution < -0.4 is 10.6 Å². The normalized spacial score (nSPS) is 19.3. The Bertz CT molecular complexity index is 1010. The summed E-state index contributed by atoms with van der Waals surface area (Å²) < 4.78 is 39.0. The maximum atomic E-state index is 13.0. The molecular formula is C20H16ClF3N2O3. The lowest BCUT2D eigenvalue weighted by Gasteiger charge is -2.24. The van der Waals surface area contributed by atoms with E-state index in [0.717, 1.165) is 11.6 Å². The third-order valence-corrected chi connectivity index (χ3v) is 4.86. The second kappa shape index (κ2) is 7.44. The fourth-order valence-corrected chi connectivity index (χ4v) is 3.34. The van der Waals surface area contributed by atoms with E-state index in [2.05, 4.69) is 10.6 Å². The van der Waals surface area contributed by atoms with Crippen molar-refractivity contribution in [2.24, 2.45) is 0 Å². The Hall–Kier alpha value is -3.00. The highest BCUT2D eigenvalue weighted by molar-refractivity contribution is 6.31. The molecule has 0 aromatic heterocycles. The summed E-state index contributed by atoms with van der Waals surface area (Å²) in [4.78, 5) is 24.8. The molecule has 0 radical (unpaired) electrons. The summed E-state index contributed by atoms with van der Waals surface area (Å²) in [6.07, 6.45) is -4.49. The van der Waals surface area contributed by atoms with Gasteiger partial charge in [-0.15, -0.1) is 0 Å². The van der Waals surface area contributed by atoms with Crippen molar-refractivity contribution in [3.05, 3.63) is 76.0 Å². The highest BCUT2D eigenvalue weighted by atomic mass is 35.5. The molecule has 1 aliphatic heterocycles. The first-order valence-corrected chi connectivity index (χ1v) is 8.87. The Morgan fingerprint density at radius 1 is 1.21 bits per heavy atom. The Morgan fingerprint density at radius 3 is 2.48 bits per heavy atom. The van der Waals surface area contributed by atoms with E-state index in [-0.39, 0.29) is 12.1 Å². The third-order valence-electron chi connectivity index (χ3n) is 4.53. The molecular weight excluding hydrogens is 409 g/mol. The van der Waals surface area contributed by atoms with Gasteiger partial charge in [0.25, 0.3) is 11.8 Å². The van der Waals surface area contributed by atoms with E-state index >= 15 is 0 Å². The monoisotopic (exact) mass is 424 g/mol. The van der Waals surface area contributed by atoms with E-state index in [4.69, 9.17) is 11.6 Å². The van der Waals surface area contributed by atoms with E-state index in [1.807, 2.05) is 6.07 Å². The molecule has 1 heterocycles. The number of anilines is 1. The lowest BCUT2D eigenvalue weighted by molar-refractivity contribution is -0.137. The number of halogens is 4. The zero-order valence-electron chi connectivity index (χ0n) is 15.1. The van der Waals surface area contributed by atoms with Crippen molar-refractivity contribution in [3.63, 3.8) is 0 Å². The number of aliphatic hydroxyl groups is 1. The quantitative estimate of drug-likeness (QED) is 0.642. The Kier molecular flexibility index (Phi) is 5.32. The minimum Gasteiger partial charge on any atom is -0.509 e. The van der Waals surface area contributed by atoms with Crippen molar-refractivity contribution in [1.82, 2.24) is 5.32 Å². The van der Waals surface area contributed by atoms with E-state index in [0.29, 0.717) is 6.07 Å². The summed E-state index contributed by atoms with van der Waals surface area (Å²) in [6, 6.07) is 11.8. The fourth-order valence-electron chi connectivity index (χ4n) is 3.11. The molecule has 1 unspecified atom stereocenters. The van der Waals surface area contributed by atoms with Crippen LogP contribution in [0.3, 0.4) is 0 Å². The predicted octanol–water partition coefficient (Wildman–Crippen LogP) is 4.24. The molecule has 2 amide bonds. The molecule has 3 rings (SSSR count). The maximum absolute atomic E-state index is 13.0. The van der Waals surface area contributed by atoms with Crippen LogP contribution in [-0.2, 0) is 22.2 Å². The van der Waals surface area contributed by atoms with Crippen LogP contribution >= 0.6 is 11.6 Å². The Balaban J connectivity index is 1.87. The molecule has 1 aliphatic rings. The first-order valence-electron chi connectivity index (χ1n) is 8.49. The molecule has 2 aromatic carbocycles. The molecule has 29 heavy (non-hydrogen) atoms. The summed E-state index contributed by atoms with van der Waals surface area (Å²) in [6.45, 7) is 1.55. The van der Waals surface area contributed by atoms with Crippen LogP contribution in [0.5, 0.6) is 0 Å². The van der Waals surface area contributed by atoms with Crippen LogP contribution in [0.15, 0.2) is 59.9 Å². The summed E-state index contributed by atoms with van der Waals surface area (Å²) in [7, 11) is 0. The number of amides is 2. The SMILES string of the molecule is CC1(Cc2ccccc2)NC(=O)C(C(=O)Nc2ccc(Cl)c(C(F)(F)F)c2)=C1O. The summed E-state index contributed by atoms with van der Waals surface area (Å²) >= 11 is 5.56. The van der Waals surface area contributed by atoms with Crippen molar-refractivity contribution < 1.29 is 27.9 Å². The minimum absolute atomic E-state index is 0.212. The molecule has 0 bridgehead atoms. The van der Waals surface area contributed by atoms with Crippen molar-refractivity contribution in [3.8, 4) is 0 Å². The largest absolute Gasteiger partial charge is 0.509 e. The average molecular weight is 425 g/mol. The molecule has 0 saturated carbocycles. The molecule has 3 N–H and O–H groups in total. The van der Waals surface area contributed by atoms with Gasteiger partial charge in [0.15, 0.2) is 0 Å². The molecule has 1 atom stereocenters. The van der Waals surface area contributed by atoms with E-state index in [9.17, 15) is 27.9 Å². The summed E-state index contributed by atoms with van der Waals surface area (Å²) in [5.41, 5.74) is -2.29. The lowest BCUT2D eigenvalue weighted by Crippen LogP contribution is -2.43.